The normalized spacial score (nSPS) is 22.6. The molecule has 116 valence electrons. The van der Waals surface area contributed by atoms with Crippen molar-refractivity contribution in [3.05, 3.63) is 17.5 Å². The molecule has 2 aliphatic rings. The van der Waals surface area contributed by atoms with E-state index in [-0.39, 0.29) is 0 Å². The fourth-order valence-electron chi connectivity index (χ4n) is 3.10. The lowest BCUT2D eigenvalue weighted by Gasteiger charge is -2.31. The first-order valence-corrected chi connectivity index (χ1v) is 8.49. The first-order chi connectivity index (χ1) is 10.1. The zero-order valence-electron chi connectivity index (χ0n) is 13.6. The quantitative estimate of drug-likeness (QED) is 0.904. The maximum Gasteiger partial charge on any atom is 0.226 e. The highest BCUT2D eigenvalue weighted by Gasteiger charge is 2.33. The molecule has 21 heavy (non-hydrogen) atoms. The molecule has 2 heterocycles. The van der Waals surface area contributed by atoms with Gasteiger partial charge >= 0.3 is 0 Å². The minimum atomic E-state index is 0.458. The molecule has 4 nitrogen and oxygen atoms in total. The molecule has 1 unspecified atom stereocenters. The molecule has 1 saturated heterocycles. The molecule has 1 aromatic rings. The predicted octanol–water partition coefficient (Wildman–Crippen LogP) is 3.02. The highest BCUT2D eigenvalue weighted by atomic mass is 15.3. The second-order valence-electron chi connectivity index (χ2n) is 6.92. The van der Waals surface area contributed by atoms with E-state index in [4.69, 9.17) is 9.97 Å². The van der Waals surface area contributed by atoms with Crippen molar-refractivity contribution in [3.8, 4) is 0 Å². The Balaban J connectivity index is 1.79. The fraction of sp³-hybridized carbons (Fsp3) is 0.765. The van der Waals surface area contributed by atoms with Gasteiger partial charge in [0.2, 0.25) is 5.95 Å². The highest BCUT2D eigenvalue weighted by Crippen LogP contribution is 2.31. The summed E-state index contributed by atoms with van der Waals surface area (Å²) in [5, 5.41) is 3.66. The van der Waals surface area contributed by atoms with Crippen LogP contribution in [0.2, 0.25) is 0 Å². The maximum atomic E-state index is 4.85. The lowest BCUT2D eigenvalue weighted by molar-refractivity contribution is 0.397. The summed E-state index contributed by atoms with van der Waals surface area (Å²) < 4.78 is 0. The number of nitrogens with one attached hydrogen (secondary N) is 1. The van der Waals surface area contributed by atoms with Crippen molar-refractivity contribution in [3.63, 3.8) is 0 Å². The molecule has 1 saturated carbocycles. The van der Waals surface area contributed by atoms with Crippen LogP contribution >= 0.6 is 0 Å². The summed E-state index contributed by atoms with van der Waals surface area (Å²) in [6, 6.07) is 3.39. The maximum absolute atomic E-state index is 4.85. The average molecular weight is 288 g/mol. The van der Waals surface area contributed by atoms with Crippen molar-refractivity contribution in [1.82, 2.24) is 15.3 Å². The Kier molecular flexibility index (Phi) is 4.43. The third kappa shape index (κ3) is 3.73. The number of aromatic nitrogens is 2. The van der Waals surface area contributed by atoms with Crippen molar-refractivity contribution < 1.29 is 0 Å². The number of piperidine rings is 1. The Labute approximate surface area is 128 Å². The van der Waals surface area contributed by atoms with Crippen LogP contribution < -0.4 is 10.2 Å². The van der Waals surface area contributed by atoms with Crippen LogP contribution in [0.15, 0.2) is 6.07 Å². The average Bonchev–Trinajstić information content (AvgIpc) is 3.29. The largest absolute Gasteiger partial charge is 0.336 e. The number of rotatable bonds is 5. The van der Waals surface area contributed by atoms with E-state index in [0.717, 1.165) is 24.7 Å². The number of nitrogens with zero attached hydrogens (tertiary/aromatic N) is 3. The molecule has 2 fully saturated rings. The van der Waals surface area contributed by atoms with Gasteiger partial charge in [-0.05, 0) is 51.1 Å². The summed E-state index contributed by atoms with van der Waals surface area (Å²) in [4.78, 5) is 12.0. The molecule has 0 aromatic carbocycles. The van der Waals surface area contributed by atoms with Gasteiger partial charge in [-0.3, -0.25) is 0 Å². The van der Waals surface area contributed by atoms with Crippen LogP contribution in [-0.4, -0.2) is 35.1 Å². The summed E-state index contributed by atoms with van der Waals surface area (Å²) in [6.45, 7) is 8.72. The molecule has 1 aliphatic carbocycles. The first-order valence-electron chi connectivity index (χ1n) is 8.49. The topological polar surface area (TPSA) is 41.1 Å². The summed E-state index contributed by atoms with van der Waals surface area (Å²) in [7, 11) is 0. The minimum Gasteiger partial charge on any atom is -0.336 e. The molecule has 1 N–H and O–H groups in total. The Morgan fingerprint density at radius 1 is 1.24 bits per heavy atom. The second kappa shape index (κ2) is 6.30. The lowest BCUT2D eigenvalue weighted by atomic mass is 10.0. The predicted molar refractivity (Wildman–Crippen MR) is 86.9 cm³/mol. The second-order valence-corrected chi connectivity index (χ2v) is 6.92. The van der Waals surface area contributed by atoms with E-state index < -0.39 is 0 Å². The molecule has 0 amide bonds. The van der Waals surface area contributed by atoms with Crippen LogP contribution in [-0.2, 0) is 0 Å². The van der Waals surface area contributed by atoms with Gasteiger partial charge in [-0.15, -0.1) is 0 Å². The SMILES string of the molecule is Cc1cc(C(C)C)nc(N(CC2CCCCN2)C2CC2)n1. The first kappa shape index (κ1) is 14.8. The van der Waals surface area contributed by atoms with Gasteiger partial charge in [0.1, 0.15) is 0 Å². The van der Waals surface area contributed by atoms with E-state index in [1.54, 1.807) is 0 Å². The van der Waals surface area contributed by atoms with E-state index in [9.17, 15) is 0 Å². The molecule has 0 bridgehead atoms. The van der Waals surface area contributed by atoms with E-state index in [0.29, 0.717) is 18.0 Å². The van der Waals surface area contributed by atoms with Crippen LogP contribution in [0, 0.1) is 6.92 Å². The van der Waals surface area contributed by atoms with Crippen LogP contribution in [0.25, 0.3) is 0 Å². The Morgan fingerprint density at radius 2 is 2.05 bits per heavy atom. The van der Waals surface area contributed by atoms with Crippen LogP contribution in [0.4, 0.5) is 5.95 Å². The fourth-order valence-corrected chi connectivity index (χ4v) is 3.10. The Bertz CT molecular complexity index is 476. The van der Waals surface area contributed by atoms with Gasteiger partial charge in [0, 0.05) is 30.0 Å². The molecule has 0 radical (unpaired) electrons. The molecule has 1 aliphatic heterocycles. The summed E-state index contributed by atoms with van der Waals surface area (Å²) in [6.07, 6.45) is 6.54. The number of aryl methyl sites for hydroxylation is 1. The number of anilines is 1. The van der Waals surface area contributed by atoms with E-state index in [1.165, 1.54) is 37.8 Å². The third-order valence-corrected chi connectivity index (χ3v) is 4.53. The van der Waals surface area contributed by atoms with E-state index in [1.807, 2.05) is 0 Å². The smallest absolute Gasteiger partial charge is 0.226 e. The van der Waals surface area contributed by atoms with Crippen molar-refractivity contribution in [2.75, 3.05) is 18.0 Å². The standard InChI is InChI=1S/C17H28N4/c1-12(2)16-10-13(3)19-17(20-16)21(15-7-8-15)11-14-6-4-5-9-18-14/h10,12,14-15,18H,4-9,11H2,1-3H3. The Morgan fingerprint density at radius 3 is 2.67 bits per heavy atom. The molecule has 4 heteroatoms. The molecule has 1 atom stereocenters. The van der Waals surface area contributed by atoms with Crippen LogP contribution in [0.3, 0.4) is 0 Å². The monoisotopic (exact) mass is 288 g/mol. The molecule has 0 spiro atoms. The van der Waals surface area contributed by atoms with Crippen LogP contribution in [0.5, 0.6) is 0 Å². The van der Waals surface area contributed by atoms with Gasteiger partial charge in [0.05, 0.1) is 0 Å². The number of hydrogen-bond donors (Lipinski definition) is 1. The molecular weight excluding hydrogens is 260 g/mol. The summed E-state index contributed by atoms with van der Waals surface area (Å²) >= 11 is 0. The van der Waals surface area contributed by atoms with Crippen molar-refractivity contribution in [2.45, 2.75) is 70.9 Å². The van der Waals surface area contributed by atoms with Crippen LogP contribution in [0.1, 0.15) is 63.3 Å². The van der Waals surface area contributed by atoms with Crippen molar-refractivity contribution in [2.24, 2.45) is 0 Å². The zero-order valence-corrected chi connectivity index (χ0v) is 13.6. The van der Waals surface area contributed by atoms with Crippen molar-refractivity contribution in [1.29, 1.82) is 0 Å². The van der Waals surface area contributed by atoms with E-state index in [2.05, 4.69) is 37.1 Å². The molecule has 3 rings (SSSR count). The molecular formula is C17H28N4. The van der Waals surface area contributed by atoms with Crippen molar-refractivity contribution >= 4 is 5.95 Å². The van der Waals surface area contributed by atoms with E-state index >= 15 is 0 Å². The van der Waals surface area contributed by atoms with Gasteiger partial charge in [0.15, 0.2) is 0 Å². The lowest BCUT2D eigenvalue weighted by Crippen LogP contribution is -2.45. The van der Waals surface area contributed by atoms with Gasteiger partial charge in [-0.2, -0.15) is 0 Å². The molecule has 1 aromatic heterocycles. The third-order valence-electron chi connectivity index (χ3n) is 4.53. The summed E-state index contributed by atoms with van der Waals surface area (Å²) in [5.41, 5.74) is 2.26. The van der Waals surface area contributed by atoms with Gasteiger partial charge in [-0.25, -0.2) is 9.97 Å². The number of hydrogen-bond acceptors (Lipinski definition) is 4. The van der Waals surface area contributed by atoms with Gasteiger partial charge in [-0.1, -0.05) is 20.3 Å². The Hall–Kier alpha value is -1.16. The highest BCUT2D eigenvalue weighted by molar-refractivity contribution is 5.37. The van der Waals surface area contributed by atoms with Gasteiger partial charge in [0.25, 0.3) is 0 Å². The van der Waals surface area contributed by atoms with Gasteiger partial charge < -0.3 is 10.2 Å². The minimum absolute atomic E-state index is 0.458. The zero-order chi connectivity index (χ0) is 14.8. The summed E-state index contributed by atoms with van der Waals surface area (Å²) in [5.74, 6) is 1.41.